The van der Waals surface area contributed by atoms with Crippen LogP contribution in [-0.4, -0.2) is 21.9 Å². The summed E-state index contributed by atoms with van der Waals surface area (Å²) in [5.41, 5.74) is 8.26. The molecule has 2 N–H and O–H groups in total. The summed E-state index contributed by atoms with van der Waals surface area (Å²) >= 11 is 0. The second-order valence-electron chi connectivity index (χ2n) is 7.55. The lowest BCUT2D eigenvalue weighted by Gasteiger charge is -2.18. The molecule has 0 unspecified atom stereocenters. The number of H-pyrrole nitrogens is 1. The molecule has 0 atom stereocenters. The number of nitrogens with zero attached hydrogens (tertiary/aromatic N) is 1. The van der Waals surface area contributed by atoms with Gasteiger partial charge >= 0.3 is 0 Å². The van der Waals surface area contributed by atoms with Crippen molar-refractivity contribution in [2.45, 2.75) is 20.3 Å². The fourth-order valence-corrected chi connectivity index (χ4v) is 3.98. The van der Waals surface area contributed by atoms with Crippen LogP contribution in [0.15, 0.2) is 72.9 Å². The number of aryl methyl sites for hydroxylation is 1. The molecule has 4 rings (SSSR count). The second kappa shape index (κ2) is 9.11. The first-order chi connectivity index (χ1) is 15.1. The third kappa shape index (κ3) is 4.35. The van der Waals surface area contributed by atoms with E-state index in [0.717, 1.165) is 56.3 Å². The third-order valence-corrected chi connectivity index (χ3v) is 5.52. The molecule has 0 bridgehead atoms. The smallest absolute Gasteiger partial charge is 0.123 e. The number of aromatic amines is 1. The normalized spacial score (nSPS) is 12.5. The molecule has 1 heterocycles. The maximum atomic E-state index is 14.2. The van der Waals surface area contributed by atoms with E-state index in [4.69, 9.17) is 5.11 Å². The Balaban J connectivity index is 1.96. The monoisotopic (exact) mass is 412 g/mol. The number of nitrogens with one attached hydrogen (secondary N) is 1. The average Bonchev–Trinajstić information content (AvgIpc) is 3.26. The Labute approximate surface area is 181 Å². The number of aliphatic hydroxyl groups excluding tert-OH is 1. The number of benzene rings is 3. The number of aromatic nitrogens is 2. The largest absolute Gasteiger partial charge is 0.392 e. The molecule has 0 amide bonds. The highest BCUT2D eigenvalue weighted by atomic mass is 19.1. The van der Waals surface area contributed by atoms with E-state index in [2.05, 4.69) is 41.4 Å². The minimum Gasteiger partial charge on any atom is -0.392 e. The van der Waals surface area contributed by atoms with Crippen LogP contribution in [0.5, 0.6) is 0 Å². The fourth-order valence-electron chi connectivity index (χ4n) is 3.98. The van der Waals surface area contributed by atoms with Crippen LogP contribution >= 0.6 is 0 Å². The predicted molar refractivity (Wildman–Crippen MR) is 126 cm³/mol. The highest BCUT2D eigenvalue weighted by Crippen LogP contribution is 2.37. The Morgan fingerprint density at radius 3 is 2.55 bits per heavy atom. The van der Waals surface area contributed by atoms with Gasteiger partial charge in [-0.25, -0.2) is 4.39 Å². The molecule has 0 radical (unpaired) electrons. The van der Waals surface area contributed by atoms with E-state index in [1.807, 2.05) is 43.5 Å². The van der Waals surface area contributed by atoms with Crippen molar-refractivity contribution >= 4 is 28.1 Å². The van der Waals surface area contributed by atoms with Crippen molar-refractivity contribution in [3.8, 4) is 0 Å². The van der Waals surface area contributed by atoms with Crippen molar-refractivity contribution in [2.24, 2.45) is 0 Å². The van der Waals surface area contributed by atoms with Gasteiger partial charge in [0.05, 0.1) is 18.3 Å². The predicted octanol–water partition coefficient (Wildman–Crippen LogP) is 6.39. The van der Waals surface area contributed by atoms with Crippen molar-refractivity contribution in [3.05, 3.63) is 107 Å². The zero-order valence-corrected chi connectivity index (χ0v) is 17.7. The van der Waals surface area contributed by atoms with E-state index in [9.17, 15) is 4.39 Å². The van der Waals surface area contributed by atoms with Crippen molar-refractivity contribution in [1.82, 2.24) is 10.2 Å². The quantitative estimate of drug-likeness (QED) is 0.361. The number of hydrogen-bond acceptors (Lipinski definition) is 2. The summed E-state index contributed by atoms with van der Waals surface area (Å²) in [7, 11) is 0. The molecular formula is C27H25FN2O. The Hall–Kier alpha value is -3.50. The number of halogens is 1. The summed E-state index contributed by atoms with van der Waals surface area (Å²) in [6, 6.07) is 19.4. The van der Waals surface area contributed by atoms with Gasteiger partial charge in [0, 0.05) is 5.39 Å². The van der Waals surface area contributed by atoms with Gasteiger partial charge in [-0.1, -0.05) is 55.5 Å². The van der Waals surface area contributed by atoms with E-state index >= 15 is 0 Å². The van der Waals surface area contributed by atoms with Crippen LogP contribution in [0.3, 0.4) is 0 Å². The molecule has 0 aliphatic heterocycles. The topological polar surface area (TPSA) is 48.9 Å². The summed E-state index contributed by atoms with van der Waals surface area (Å²) in [4.78, 5) is 0. The summed E-state index contributed by atoms with van der Waals surface area (Å²) in [5.74, 6) is -0.235. The number of allylic oxidation sites excluding steroid dienone is 1. The van der Waals surface area contributed by atoms with Crippen LogP contribution in [0.25, 0.3) is 28.1 Å². The van der Waals surface area contributed by atoms with Crippen molar-refractivity contribution in [1.29, 1.82) is 0 Å². The fraction of sp³-hybridized carbons (Fsp3) is 0.148. The van der Waals surface area contributed by atoms with Gasteiger partial charge < -0.3 is 5.11 Å². The van der Waals surface area contributed by atoms with Gasteiger partial charge in [-0.05, 0) is 76.6 Å². The molecule has 1 aromatic heterocycles. The van der Waals surface area contributed by atoms with Gasteiger partial charge in [0.25, 0.3) is 0 Å². The van der Waals surface area contributed by atoms with Crippen LogP contribution in [0.4, 0.5) is 4.39 Å². The third-order valence-electron chi connectivity index (χ3n) is 5.52. The number of aliphatic hydroxyl groups is 1. The highest BCUT2D eigenvalue weighted by Gasteiger charge is 2.16. The lowest BCUT2D eigenvalue weighted by atomic mass is 9.86. The zero-order chi connectivity index (χ0) is 21.8. The Morgan fingerprint density at radius 1 is 1.03 bits per heavy atom. The van der Waals surface area contributed by atoms with E-state index < -0.39 is 0 Å². The van der Waals surface area contributed by atoms with Gasteiger partial charge in [0.2, 0.25) is 0 Å². The first-order valence-electron chi connectivity index (χ1n) is 10.4. The van der Waals surface area contributed by atoms with E-state index in [-0.39, 0.29) is 12.4 Å². The van der Waals surface area contributed by atoms with Gasteiger partial charge in [0.15, 0.2) is 0 Å². The molecule has 4 heteroatoms. The molecule has 3 aromatic carbocycles. The molecule has 0 spiro atoms. The van der Waals surface area contributed by atoms with Gasteiger partial charge in [0.1, 0.15) is 5.82 Å². The minimum atomic E-state index is -0.235. The Bertz CT molecular complexity index is 1270. The van der Waals surface area contributed by atoms with Crippen molar-refractivity contribution in [3.63, 3.8) is 0 Å². The average molecular weight is 413 g/mol. The lowest BCUT2D eigenvalue weighted by molar-refractivity contribution is 0.343. The van der Waals surface area contributed by atoms with Crippen LogP contribution in [0.1, 0.15) is 41.2 Å². The SMILES string of the molecule is CC/C(=C(/c1ccc(/C=C/CO)cc1)c1ccc2[nH]ncc2c1)c1cc(F)ccc1C. The van der Waals surface area contributed by atoms with Crippen molar-refractivity contribution < 1.29 is 9.50 Å². The molecular weight excluding hydrogens is 387 g/mol. The van der Waals surface area contributed by atoms with Gasteiger partial charge in [-0.2, -0.15) is 5.10 Å². The number of rotatable bonds is 6. The summed E-state index contributed by atoms with van der Waals surface area (Å²) in [6.07, 6.45) is 6.18. The summed E-state index contributed by atoms with van der Waals surface area (Å²) in [6.45, 7) is 4.13. The molecule has 156 valence electrons. The summed E-state index contributed by atoms with van der Waals surface area (Å²) < 4.78 is 14.2. The molecule has 0 fully saturated rings. The molecule has 0 aliphatic carbocycles. The van der Waals surface area contributed by atoms with Gasteiger partial charge in [-0.3, -0.25) is 5.10 Å². The first kappa shape index (κ1) is 20.8. The maximum Gasteiger partial charge on any atom is 0.123 e. The van der Waals surface area contributed by atoms with Crippen molar-refractivity contribution in [2.75, 3.05) is 6.61 Å². The first-order valence-corrected chi connectivity index (χ1v) is 10.4. The lowest BCUT2D eigenvalue weighted by Crippen LogP contribution is -1.98. The summed E-state index contributed by atoms with van der Waals surface area (Å²) in [5, 5.41) is 17.2. The molecule has 0 aliphatic rings. The highest BCUT2D eigenvalue weighted by molar-refractivity contribution is 6.00. The van der Waals surface area contributed by atoms with Crippen LogP contribution in [0.2, 0.25) is 0 Å². The standard InChI is InChI=1S/C27H25FN2O/c1-3-24(25-16-23(28)12-6-18(25)2)27(20-9-7-19(8-10-20)5-4-14-31)21-11-13-26-22(15-21)17-29-30-26/h4-13,15-17,31H,3,14H2,1-2H3,(H,29,30)/b5-4+,27-24+. The molecule has 3 nitrogen and oxygen atoms in total. The van der Waals surface area contributed by atoms with Gasteiger partial charge in [-0.15, -0.1) is 0 Å². The second-order valence-corrected chi connectivity index (χ2v) is 7.55. The Kier molecular flexibility index (Phi) is 6.10. The number of fused-ring (bicyclic) bond motifs is 1. The van der Waals surface area contributed by atoms with E-state index in [1.165, 1.54) is 6.07 Å². The molecule has 0 saturated carbocycles. The molecule has 0 saturated heterocycles. The van der Waals surface area contributed by atoms with E-state index in [0.29, 0.717) is 0 Å². The maximum absolute atomic E-state index is 14.2. The van der Waals surface area contributed by atoms with Crippen LogP contribution < -0.4 is 0 Å². The minimum absolute atomic E-state index is 0.0104. The number of hydrogen-bond donors (Lipinski definition) is 2. The molecule has 31 heavy (non-hydrogen) atoms. The Morgan fingerprint density at radius 2 is 1.81 bits per heavy atom. The van der Waals surface area contributed by atoms with Crippen LogP contribution in [0, 0.1) is 12.7 Å². The van der Waals surface area contributed by atoms with Crippen LogP contribution in [-0.2, 0) is 0 Å². The molecule has 4 aromatic rings. The zero-order valence-electron chi connectivity index (χ0n) is 17.7. The van der Waals surface area contributed by atoms with E-state index in [1.54, 1.807) is 12.1 Å².